The highest BCUT2D eigenvalue weighted by atomic mass is 79.9. The number of piperidine rings is 1. The molecule has 2 heterocycles. The highest BCUT2D eigenvalue weighted by Crippen LogP contribution is 2.21. The summed E-state index contributed by atoms with van der Waals surface area (Å²) in [6.45, 7) is 3.48. The van der Waals surface area contributed by atoms with E-state index in [0.717, 1.165) is 12.8 Å². The predicted octanol–water partition coefficient (Wildman–Crippen LogP) is 1.58. The molecule has 0 aliphatic carbocycles. The Morgan fingerprint density at radius 1 is 1.52 bits per heavy atom. The quantitative estimate of drug-likeness (QED) is 0.887. The number of hydrogen-bond acceptors (Lipinski definition) is 5. The average molecular weight is 359 g/mol. The van der Waals surface area contributed by atoms with Crippen LogP contribution in [0, 0.1) is 0 Å². The number of carbonyl (C=O) groups is 1. The molecule has 2 rings (SSSR count). The lowest BCUT2D eigenvalue weighted by molar-refractivity contribution is 0.0983. The fourth-order valence-corrected chi connectivity index (χ4v) is 2.73. The Labute approximate surface area is 131 Å². The topological polar surface area (TPSA) is 76.5 Å². The summed E-state index contributed by atoms with van der Waals surface area (Å²) in [7, 11) is 1.61. The lowest BCUT2D eigenvalue weighted by atomic mass is 10.1. The number of amides is 1. The molecular formula is C13H19BrN4O3. The van der Waals surface area contributed by atoms with Crippen molar-refractivity contribution in [3.05, 3.63) is 21.0 Å². The Hall–Kier alpha value is -1.57. The molecule has 7 nitrogen and oxygen atoms in total. The van der Waals surface area contributed by atoms with E-state index in [2.05, 4.69) is 26.3 Å². The third kappa shape index (κ3) is 3.75. The number of rotatable bonds is 3. The number of anilines is 1. The highest BCUT2D eigenvalue weighted by molar-refractivity contribution is 9.10. The number of hydrogen-bond donors (Lipinski definition) is 1. The molecule has 116 valence electrons. The second kappa shape index (κ2) is 6.93. The molecule has 1 N–H and O–H groups in total. The summed E-state index contributed by atoms with van der Waals surface area (Å²) >= 11 is 3.29. The Balaban J connectivity index is 1.94. The van der Waals surface area contributed by atoms with E-state index in [1.165, 1.54) is 4.68 Å². The van der Waals surface area contributed by atoms with Gasteiger partial charge in [0.05, 0.1) is 18.5 Å². The number of ether oxygens (including phenoxy) is 1. The van der Waals surface area contributed by atoms with Gasteiger partial charge in [0.1, 0.15) is 4.47 Å². The van der Waals surface area contributed by atoms with Crippen molar-refractivity contribution in [2.75, 3.05) is 25.0 Å². The Kier molecular flexibility index (Phi) is 5.22. The van der Waals surface area contributed by atoms with Gasteiger partial charge in [-0.25, -0.2) is 9.48 Å². The summed E-state index contributed by atoms with van der Waals surface area (Å²) in [5, 5.41) is 7.31. The molecule has 0 aromatic carbocycles. The van der Waals surface area contributed by atoms with E-state index >= 15 is 0 Å². The number of aryl methyl sites for hydroxylation is 1. The van der Waals surface area contributed by atoms with Crippen LogP contribution in [0.15, 0.2) is 15.5 Å². The monoisotopic (exact) mass is 358 g/mol. The zero-order chi connectivity index (χ0) is 15.4. The van der Waals surface area contributed by atoms with Crippen molar-refractivity contribution in [3.8, 4) is 0 Å². The van der Waals surface area contributed by atoms with Crippen LogP contribution in [-0.4, -0.2) is 46.5 Å². The number of halogens is 1. The minimum Gasteiger partial charge on any atom is -0.450 e. The lowest BCUT2D eigenvalue weighted by Gasteiger charge is -2.32. The van der Waals surface area contributed by atoms with Crippen molar-refractivity contribution in [2.45, 2.75) is 25.8 Å². The smallest absolute Gasteiger partial charge is 0.409 e. The van der Waals surface area contributed by atoms with Crippen molar-refractivity contribution < 1.29 is 9.53 Å². The first-order valence-corrected chi connectivity index (χ1v) is 7.72. The maximum atomic E-state index is 11.8. The number of aromatic nitrogens is 2. The molecule has 0 spiro atoms. The summed E-state index contributed by atoms with van der Waals surface area (Å²) < 4.78 is 6.74. The van der Waals surface area contributed by atoms with E-state index in [1.807, 2.05) is 0 Å². The van der Waals surface area contributed by atoms with Crippen LogP contribution in [0.3, 0.4) is 0 Å². The van der Waals surface area contributed by atoms with Crippen LogP contribution >= 0.6 is 15.9 Å². The number of carbonyl (C=O) groups excluding carboxylic acids is 1. The molecule has 0 unspecified atom stereocenters. The average Bonchev–Trinajstić information content (AvgIpc) is 2.49. The first kappa shape index (κ1) is 15.8. The Morgan fingerprint density at radius 3 is 2.81 bits per heavy atom. The van der Waals surface area contributed by atoms with Gasteiger partial charge in [-0.15, -0.1) is 0 Å². The molecule has 1 aliphatic heterocycles. The highest BCUT2D eigenvalue weighted by Gasteiger charge is 2.24. The van der Waals surface area contributed by atoms with Crippen molar-refractivity contribution in [3.63, 3.8) is 0 Å². The fraction of sp³-hybridized carbons (Fsp3) is 0.615. The maximum absolute atomic E-state index is 11.8. The Bertz CT molecular complexity index is 567. The van der Waals surface area contributed by atoms with Gasteiger partial charge in [-0.2, -0.15) is 5.10 Å². The molecular weight excluding hydrogens is 340 g/mol. The number of nitrogens with zero attached hydrogens (tertiary/aromatic N) is 3. The van der Waals surface area contributed by atoms with Gasteiger partial charge in [0.25, 0.3) is 5.56 Å². The molecule has 8 heteroatoms. The van der Waals surface area contributed by atoms with Gasteiger partial charge in [-0.1, -0.05) is 0 Å². The second-order valence-corrected chi connectivity index (χ2v) is 5.70. The summed E-state index contributed by atoms with van der Waals surface area (Å²) in [6, 6.07) is 0.209. The lowest BCUT2D eigenvalue weighted by Crippen LogP contribution is -2.42. The minimum atomic E-state index is -0.257. The van der Waals surface area contributed by atoms with Crippen molar-refractivity contribution >= 4 is 27.7 Å². The number of nitrogens with one attached hydrogen (secondary N) is 1. The van der Waals surface area contributed by atoms with Crippen LogP contribution < -0.4 is 10.9 Å². The molecule has 1 aromatic heterocycles. The van der Waals surface area contributed by atoms with Gasteiger partial charge in [-0.3, -0.25) is 4.79 Å². The van der Waals surface area contributed by atoms with Crippen molar-refractivity contribution in [2.24, 2.45) is 7.05 Å². The molecule has 1 aromatic rings. The van der Waals surface area contributed by atoms with Crippen LogP contribution in [0.4, 0.5) is 10.5 Å². The van der Waals surface area contributed by atoms with Gasteiger partial charge in [0, 0.05) is 26.2 Å². The van der Waals surface area contributed by atoms with E-state index in [9.17, 15) is 9.59 Å². The zero-order valence-electron chi connectivity index (χ0n) is 12.1. The fourth-order valence-electron chi connectivity index (χ4n) is 2.25. The molecule has 0 bridgehead atoms. The molecule has 1 saturated heterocycles. The van der Waals surface area contributed by atoms with Crippen LogP contribution in [-0.2, 0) is 11.8 Å². The second-order valence-electron chi connectivity index (χ2n) is 4.91. The summed E-state index contributed by atoms with van der Waals surface area (Å²) in [5.74, 6) is 0. The van der Waals surface area contributed by atoms with E-state index in [0.29, 0.717) is 29.9 Å². The largest absolute Gasteiger partial charge is 0.450 e. The van der Waals surface area contributed by atoms with Gasteiger partial charge < -0.3 is 15.0 Å². The number of likely N-dealkylation sites (tertiary alicyclic amines) is 1. The van der Waals surface area contributed by atoms with Crippen LogP contribution in [0.5, 0.6) is 0 Å². The SMILES string of the molecule is CCOC(=O)N1CCC(Nc2cnn(C)c(=O)c2Br)CC1. The van der Waals surface area contributed by atoms with Gasteiger partial charge in [-0.05, 0) is 35.7 Å². The normalized spacial score (nSPS) is 15.9. The summed E-state index contributed by atoms with van der Waals surface area (Å²) in [6.07, 6.45) is 2.98. The van der Waals surface area contributed by atoms with Crippen molar-refractivity contribution in [1.29, 1.82) is 0 Å². The summed E-state index contributed by atoms with van der Waals surface area (Å²) in [5.41, 5.74) is 0.511. The molecule has 21 heavy (non-hydrogen) atoms. The summed E-state index contributed by atoms with van der Waals surface area (Å²) in [4.78, 5) is 25.1. The van der Waals surface area contributed by atoms with Gasteiger partial charge in [0.15, 0.2) is 0 Å². The van der Waals surface area contributed by atoms with Gasteiger partial charge >= 0.3 is 6.09 Å². The van der Waals surface area contributed by atoms with Gasteiger partial charge in [0.2, 0.25) is 0 Å². The third-order valence-corrected chi connectivity index (χ3v) is 4.23. The van der Waals surface area contributed by atoms with Crippen LogP contribution in [0.2, 0.25) is 0 Å². The minimum absolute atomic E-state index is 0.177. The van der Waals surface area contributed by atoms with E-state index in [4.69, 9.17) is 4.74 Å². The molecule has 0 radical (unpaired) electrons. The standard InChI is InChI=1S/C13H19BrN4O3/c1-3-21-13(20)18-6-4-9(5-7-18)16-10-8-15-17(2)12(19)11(10)14/h8-9,16H,3-7H2,1-2H3. The molecule has 1 fully saturated rings. The molecule has 1 amide bonds. The molecule has 0 atom stereocenters. The Morgan fingerprint density at radius 2 is 2.19 bits per heavy atom. The maximum Gasteiger partial charge on any atom is 0.409 e. The van der Waals surface area contributed by atoms with E-state index in [1.54, 1.807) is 25.1 Å². The third-order valence-electron chi connectivity index (χ3n) is 3.46. The van der Waals surface area contributed by atoms with Crippen LogP contribution in [0.1, 0.15) is 19.8 Å². The van der Waals surface area contributed by atoms with Crippen LogP contribution in [0.25, 0.3) is 0 Å². The molecule has 0 saturated carbocycles. The zero-order valence-corrected chi connectivity index (χ0v) is 13.7. The predicted molar refractivity (Wildman–Crippen MR) is 82.4 cm³/mol. The van der Waals surface area contributed by atoms with E-state index in [-0.39, 0.29) is 17.7 Å². The van der Waals surface area contributed by atoms with Crippen molar-refractivity contribution in [1.82, 2.24) is 14.7 Å². The van der Waals surface area contributed by atoms with E-state index < -0.39 is 0 Å². The molecule has 1 aliphatic rings. The first-order valence-electron chi connectivity index (χ1n) is 6.93. The first-order chi connectivity index (χ1) is 10.0.